The zero-order valence-corrected chi connectivity index (χ0v) is 10.7. The highest BCUT2D eigenvalue weighted by Gasteiger charge is 2.15. The molecule has 0 spiro atoms. The first-order valence-corrected chi connectivity index (χ1v) is 6.01. The molecule has 0 radical (unpaired) electrons. The first-order chi connectivity index (χ1) is 8.11. The number of aromatic hydroxyl groups is 1. The number of nitrogens with zero attached hydrogens (tertiary/aromatic N) is 1. The van der Waals surface area contributed by atoms with Gasteiger partial charge in [0.05, 0.1) is 6.17 Å². The molecule has 5 heteroatoms. The number of hydrogen-bond donors (Lipinski definition) is 3. The van der Waals surface area contributed by atoms with Crippen LogP contribution in [0.25, 0.3) is 6.08 Å². The highest BCUT2D eigenvalue weighted by atomic mass is 16.3. The predicted octanol–water partition coefficient (Wildman–Crippen LogP) is 1.82. The highest BCUT2D eigenvalue weighted by molar-refractivity contribution is 5.49. The first kappa shape index (κ1) is 13.6. The van der Waals surface area contributed by atoms with E-state index in [-0.39, 0.29) is 17.7 Å². The second-order valence-corrected chi connectivity index (χ2v) is 4.02. The van der Waals surface area contributed by atoms with Crippen LogP contribution in [-0.2, 0) is 0 Å². The Labute approximate surface area is 101 Å². The highest BCUT2D eigenvalue weighted by Crippen LogP contribution is 2.17. The molecular formula is C12H21N3O2. The van der Waals surface area contributed by atoms with Crippen LogP contribution in [0.1, 0.15) is 45.5 Å². The van der Waals surface area contributed by atoms with E-state index in [0.717, 1.165) is 19.4 Å². The standard InChI is InChI=1S/C12H21N3O2/c1-4-6-8-13-9(3)15-11(16)10(7-5-2)14-12(15)17/h5,7,9,13,16H,4,6,8H2,1-3H3,(H,14,17). The van der Waals surface area contributed by atoms with Crippen molar-refractivity contribution in [3.63, 3.8) is 0 Å². The minimum atomic E-state index is -0.299. The lowest BCUT2D eigenvalue weighted by atomic mass is 10.3. The second kappa shape index (κ2) is 6.30. The van der Waals surface area contributed by atoms with Crippen molar-refractivity contribution in [2.24, 2.45) is 0 Å². The van der Waals surface area contributed by atoms with Crippen molar-refractivity contribution >= 4 is 6.08 Å². The van der Waals surface area contributed by atoms with E-state index in [1.165, 1.54) is 4.57 Å². The molecule has 1 heterocycles. The lowest BCUT2D eigenvalue weighted by Gasteiger charge is -2.14. The van der Waals surface area contributed by atoms with Crippen molar-refractivity contribution in [1.29, 1.82) is 0 Å². The number of hydrogen-bond acceptors (Lipinski definition) is 3. The molecule has 1 unspecified atom stereocenters. The normalized spacial score (nSPS) is 13.4. The Kier molecular flexibility index (Phi) is 5.03. The Morgan fingerprint density at radius 3 is 2.88 bits per heavy atom. The quantitative estimate of drug-likeness (QED) is 0.663. The van der Waals surface area contributed by atoms with Crippen LogP contribution < -0.4 is 11.0 Å². The van der Waals surface area contributed by atoms with Gasteiger partial charge in [-0.25, -0.2) is 9.36 Å². The molecule has 0 aliphatic rings. The third-order valence-electron chi connectivity index (χ3n) is 2.62. The summed E-state index contributed by atoms with van der Waals surface area (Å²) in [7, 11) is 0. The van der Waals surface area contributed by atoms with Crippen LogP contribution >= 0.6 is 0 Å². The van der Waals surface area contributed by atoms with E-state index < -0.39 is 0 Å². The molecule has 5 nitrogen and oxygen atoms in total. The summed E-state index contributed by atoms with van der Waals surface area (Å²) in [5, 5.41) is 13.1. The maximum Gasteiger partial charge on any atom is 0.330 e. The third-order valence-corrected chi connectivity index (χ3v) is 2.62. The Bertz CT molecular complexity index is 431. The van der Waals surface area contributed by atoms with Gasteiger partial charge >= 0.3 is 5.69 Å². The summed E-state index contributed by atoms with van der Waals surface area (Å²) < 4.78 is 1.32. The van der Waals surface area contributed by atoms with Crippen molar-refractivity contribution in [3.05, 3.63) is 22.3 Å². The molecule has 0 saturated carbocycles. The molecule has 0 aliphatic heterocycles. The van der Waals surface area contributed by atoms with Gasteiger partial charge < -0.3 is 10.1 Å². The molecule has 96 valence electrons. The van der Waals surface area contributed by atoms with Gasteiger partial charge in [-0.05, 0) is 32.9 Å². The van der Waals surface area contributed by atoms with Crippen LogP contribution in [-0.4, -0.2) is 21.2 Å². The maximum atomic E-state index is 11.7. The van der Waals surface area contributed by atoms with Crippen LogP contribution in [0.3, 0.4) is 0 Å². The summed E-state index contributed by atoms with van der Waals surface area (Å²) in [6, 6.07) is 0. The van der Waals surface area contributed by atoms with E-state index >= 15 is 0 Å². The van der Waals surface area contributed by atoms with E-state index in [4.69, 9.17) is 0 Å². The molecule has 17 heavy (non-hydrogen) atoms. The van der Waals surface area contributed by atoms with Crippen molar-refractivity contribution in [2.45, 2.75) is 39.8 Å². The van der Waals surface area contributed by atoms with Crippen molar-refractivity contribution in [3.8, 4) is 5.88 Å². The topological polar surface area (TPSA) is 70.0 Å². The Balaban J connectivity index is 2.86. The van der Waals surface area contributed by atoms with Gasteiger partial charge in [0.1, 0.15) is 5.69 Å². The first-order valence-electron chi connectivity index (χ1n) is 6.01. The van der Waals surface area contributed by atoms with Gasteiger partial charge in [-0.2, -0.15) is 0 Å². The summed E-state index contributed by atoms with van der Waals surface area (Å²) >= 11 is 0. The number of allylic oxidation sites excluding steroid dienone is 1. The average Bonchev–Trinajstić information content (AvgIpc) is 2.55. The molecule has 1 atom stereocenters. The van der Waals surface area contributed by atoms with Crippen LogP contribution in [0.2, 0.25) is 0 Å². The molecular weight excluding hydrogens is 218 g/mol. The number of aromatic nitrogens is 2. The molecule has 1 aromatic rings. The summed E-state index contributed by atoms with van der Waals surface area (Å²) in [5.41, 5.74) is 0.147. The Morgan fingerprint density at radius 2 is 2.29 bits per heavy atom. The van der Waals surface area contributed by atoms with Crippen molar-refractivity contribution in [2.75, 3.05) is 6.54 Å². The van der Waals surface area contributed by atoms with Gasteiger partial charge in [0.15, 0.2) is 0 Å². The fourth-order valence-electron chi connectivity index (χ4n) is 1.68. The van der Waals surface area contributed by atoms with Crippen LogP contribution in [0.4, 0.5) is 0 Å². The average molecular weight is 239 g/mol. The molecule has 0 aromatic carbocycles. The van der Waals surface area contributed by atoms with Crippen LogP contribution in [0.5, 0.6) is 5.88 Å². The van der Waals surface area contributed by atoms with Gasteiger partial charge in [0.2, 0.25) is 5.88 Å². The third kappa shape index (κ3) is 3.23. The van der Waals surface area contributed by atoms with Crippen molar-refractivity contribution in [1.82, 2.24) is 14.9 Å². The molecule has 0 fully saturated rings. The fraction of sp³-hybridized carbons (Fsp3) is 0.583. The summed E-state index contributed by atoms with van der Waals surface area (Å²) in [5.74, 6) is -0.0235. The van der Waals surface area contributed by atoms with E-state index in [0.29, 0.717) is 5.69 Å². The number of unbranched alkanes of at least 4 members (excludes halogenated alkanes) is 1. The predicted molar refractivity (Wildman–Crippen MR) is 69.0 cm³/mol. The maximum absolute atomic E-state index is 11.7. The van der Waals surface area contributed by atoms with Crippen LogP contribution in [0, 0.1) is 0 Å². The van der Waals surface area contributed by atoms with Gasteiger partial charge in [0, 0.05) is 0 Å². The van der Waals surface area contributed by atoms with E-state index in [9.17, 15) is 9.90 Å². The fourth-order valence-corrected chi connectivity index (χ4v) is 1.68. The molecule has 0 aliphatic carbocycles. The monoisotopic (exact) mass is 239 g/mol. The summed E-state index contributed by atoms with van der Waals surface area (Å²) in [4.78, 5) is 14.3. The molecule has 1 aromatic heterocycles. The largest absolute Gasteiger partial charge is 0.493 e. The minimum Gasteiger partial charge on any atom is -0.493 e. The Morgan fingerprint density at radius 1 is 1.59 bits per heavy atom. The zero-order chi connectivity index (χ0) is 12.8. The lowest BCUT2D eigenvalue weighted by Crippen LogP contribution is -2.31. The molecule has 1 rings (SSSR count). The lowest BCUT2D eigenvalue weighted by molar-refractivity contribution is 0.349. The second-order valence-electron chi connectivity index (χ2n) is 4.02. The number of nitrogens with one attached hydrogen (secondary N) is 2. The molecule has 0 saturated heterocycles. The number of aromatic amines is 1. The van der Waals surface area contributed by atoms with Crippen LogP contribution in [0.15, 0.2) is 10.9 Å². The number of H-pyrrole nitrogens is 1. The molecule has 0 amide bonds. The van der Waals surface area contributed by atoms with Gasteiger partial charge in [0.25, 0.3) is 0 Å². The van der Waals surface area contributed by atoms with E-state index in [1.807, 2.05) is 13.8 Å². The number of imidazole rings is 1. The molecule has 0 bridgehead atoms. The van der Waals surface area contributed by atoms with E-state index in [1.54, 1.807) is 12.2 Å². The number of rotatable bonds is 6. The minimum absolute atomic E-state index is 0.0235. The van der Waals surface area contributed by atoms with Crippen molar-refractivity contribution < 1.29 is 5.11 Å². The van der Waals surface area contributed by atoms with Gasteiger partial charge in [-0.15, -0.1) is 0 Å². The molecule has 3 N–H and O–H groups in total. The van der Waals surface area contributed by atoms with Gasteiger partial charge in [-0.3, -0.25) is 5.32 Å². The van der Waals surface area contributed by atoms with E-state index in [2.05, 4.69) is 17.2 Å². The smallest absolute Gasteiger partial charge is 0.330 e. The zero-order valence-electron chi connectivity index (χ0n) is 10.7. The SMILES string of the molecule is CC=Cc1[nH]c(=O)n(C(C)NCCCC)c1O. The Hall–Kier alpha value is -1.49. The van der Waals surface area contributed by atoms with Gasteiger partial charge in [-0.1, -0.05) is 19.4 Å². The summed E-state index contributed by atoms with van der Waals surface area (Å²) in [6.45, 7) is 6.62. The summed E-state index contributed by atoms with van der Waals surface area (Å²) in [6.07, 6.45) is 5.37.